The summed E-state index contributed by atoms with van der Waals surface area (Å²) in [7, 11) is -3.63. The van der Waals surface area contributed by atoms with E-state index in [-0.39, 0.29) is 0 Å². The standard InChI is InChI=1S/C8H8NO4S/c10-6-13-7-14(11,12)9-8-4-2-1-3-5-8/h1-5,9H,7H2. The number of carbonyl (C=O) groups excluding carboxylic acids is 1. The van der Waals surface area contributed by atoms with E-state index >= 15 is 0 Å². The molecule has 0 aliphatic rings. The lowest BCUT2D eigenvalue weighted by atomic mass is 10.3. The van der Waals surface area contributed by atoms with E-state index in [1.165, 1.54) is 0 Å². The van der Waals surface area contributed by atoms with Gasteiger partial charge in [0.05, 0.1) is 0 Å². The summed E-state index contributed by atoms with van der Waals surface area (Å²) in [6, 6.07) is 8.30. The quantitative estimate of drug-likeness (QED) is 0.773. The Morgan fingerprint density at radius 1 is 1.29 bits per heavy atom. The molecule has 0 saturated carbocycles. The number of hydrogen-bond donors (Lipinski definition) is 1. The maximum atomic E-state index is 11.1. The summed E-state index contributed by atoms with van der Waals surface area (Å²) in [4.78, 5) is 9.66. The van der Waals surface area contributed by atoms with E-state index in [1.54, 1.807) is 30.3 Å². The number of hydrogen-bond acceptors (Lipinski definition) is 4. The molecule has 6 heteroatoms. The van der Waals surface area contributed by atoms with E-state index in [2.05, 4.69) is 9.46 Å². The molecular formula is C8H8NO4S. The highest BCUT2D eigenvalue weighted by Crippen LogP contribution is 2.07. The zero-order valence-corrected chi connectivity index (χ0v) is 7.95. The predicted molar refractivity (Wildman–Crippen MR) is 50.6 cm³/mol. The van der Waals surface area contributed by atoms with Crippen LogP contribution in [0, 0.1) is 0 Å². The molecule has 0 spiro atoms. The lowest BCUT2D eigenvalue weighted by Gasteiger charge is -2.05. The van der Waals surface area contributed by atoms with Crippen molar-refractivity contribution in [3.63, 3.8) is 0 Å². The Kier molecular flexibility index (Phi) is 3.47. The first kappa shape index (κ1) is 10.5. The highest BCUT2D eigenvalue weighted by molar-refractivity contribution is 7.92. The molecule has 0 saturated heterocycles. The van der Waals surface area contributed by atoms with E-state index in [0.29, 0.717) is 5.69 Å². The van der Waals surface area contributed by atoms with Crippen molar-refractivity contribution in [2.45, 2.75) is 0 Å². The fraction of sp³-hybridized carbons (Fsp3) is 0.125. The van der Waals surface area contributed by atoms with Crippen LogP contribution < -0.4 is 4.72 Å². The summed E-state index contributed by atoms with van der Waals surface area (Å²) >= 11 is 0. The van der Waals surface area contributed by atoms with Gasteiger partial charge in [-0.3, -0.25) is 4.72 Å². The minimum atomic E-state index is -3.63. The minimum absolute atomic E-state index is 0.419. The normalized spacial score (nSPS) is 10.6. The molecule has 1 aromatic rings. The van der Waals surface area contributed by atoms with Gasteiger partial charge in [-0.1, -0.05) is 18.2 Å². The zero-order chi connectivity index (χ0) is 10.4. The number of sulfonamides is 1. The van der Waals surface area contributed by atoms with E-state index in [1.807, 2.05) is 0 Å². The average molecular weight is 214 g/mol. The molecule has 0 aliphatic heterocycles. The van der Waals surface area contributed by atoms with Crippen LogP contribution >= 0.6 is 0 Å². The molecule has 0 atom stereocenters. The summed E-state index contributed by atoms with van der Waals surface area (Å²) in [5, 5.41) is 0. The monoisotopic (exact) mass is 214 g/mol. The minimum Gasteiger partial charge on any atom is -0.439 e. The van der Waals surface area contributed by atoms with Gasteiger partial charge >= 0.3 is 6.47 Å². The molecule has 0 bridgehead atoms. The lowest BCUT2D eigenvalue weighted by molar-refractivity contribution is 0.327. The molecule has 0 heterocycles. The van der Waals surface area contributed by atoms with Crippen LogP contribution in [0.1, 0.15) is 0 Å². The fourth-order valence-electron chi connectivity index (χ4n) is 0.817. The molecule has 1 rings (SSSR count). The smallest absolute Gasteiger partial charge is 0.418 e. The Hall–Kier alpha value is -1.56. The summed E-state index contributed by atoms with van der Waals surface area (Å²) < 4.78 is 28.5. The summed E-state index contributed by atoms with van der Waals surface area (Å²) in [5.41, 5.74) is 0.419. The van der Waals surface area contributed by atoms with Crippen LogP contribution in [-0.4, -0.2) is 20.8 Å². The van der Waals surface area contributed by atoms with Crippen LogP contribution in [0.15, 0.2) is 30.3 Å². The molecule has 1 N–H and O–H groups in total. The third-order valence-electron chi connectivity index (χ3n) is 1.32. The number of ether oxygens (including phenoxy) is 1. The van der Waals surface area contributed by atoms with Crippen LogP contribution in [0.4, 0.5) is 5.69 Å². The van der Waals surface area contributed by atoms with Crippen LogP contribution in [-0.2, 0) is 19.6 Å². The number of para-hydroxylation sites is 1. The molecule has 0 aromatic heterocycles. The van der Waals surface area contributed by atoms with Crippen molar-refractivity contribution in [2.24, 2.45) is 0 Å². The van der Waals surface area contributed by atoms with Gasteiger partial charge in [0.2, 0.25) is 5.94 Å². The molecule has 0 fully saturated rings. The molecular weight excluding hydrogens is 206 g/mol. The van der Waals surface area contributed by atoms with Gasteiger partial charge in [0, 0.05) is 5.69 Å². The second kappa shape index (κ2) is 4.61. The molecule has 1 radical (unpaired) electrons. The van der Waals surface area contributed by atoms with Gasteiger partial charge in [-0.15, -0.1) is 0 Å². The molecule has 1 aromatic carbocycles. The number of anilines is 1. The number of benzene rings is 1. The SMILES string of the molecule is O=[C]OCS(=O)(=O)Nc1ccccc1. The van der Waals surface area contributed by atoms with Gasteiger partial charge < -0.3 is 4.74 Å². The zero-order valence-electron chi connectivity index (χ0n) is 7.14. The first-order valence-electron chi connectivity index (χ1n) is 3.68. The molecule has 0 amide bonds. The largest absolute Gasteiger partial charge is 0.439 e. The van der Waals surface area contributed by atoms with Crippen LogP contribution in [0.2, 0.25) is 0 Å². The highest BCUT2D eigenvalue weighted by Gasteiger charge is 2.10. The first-order chi connectivity index (χ1) is 6.64. The van der Waals surface area contributed by atoms with E-state index in [0.717, 1.165) is 6.47 Å². The third-order valence-corrected chi connectivity index (χ3v) is 2.30. The van der Waals surface area contributed by atoms with Gasteiger partial charge in [0.15, 0.2) is 0 Å². The van der Waals surface area contributed by atoms with Crippen molar-refractivity contribution in [3.8, 4) is 0 Å². The maximum absolute atomic E-state index is 11.1. The number of rotatable bonds is 5. The average Bonchev–Trinajstić information content (AvgIpc) is 2.16. The predicted octanol–water partition coefficient (Wildman–Crippen LogP) is 0.470. The summed E-state index contributed by atoms with van der Waals surface area (Å²) in [6.07, 6.45) is 0. The Labute approximate surface area is 81.7 Å². The van der Waals surface area contributed by atoms with E-state index < -0.39 is 16.0 Å². The van der Waals surface area contributed by atoms with Gasteiger partial charge in [-0.25, -0.2) is 13.2 Å². The second-order valence-corrected chi connectivity index (χ2v) is 4.10. The summed E-state index contributed by atoms with van der Waals surface area (Å²) in [6.45, 7) is 1.04. The van der Waals surface area contributed by atoms with Crippen LogP contribution in [0.3, 0.4) is 0 Å². The molecule has 75 valence electrons. The highest BCUT2D eigenvalue weighted by atomic mass is 32.2. The third kappa shape index (κ3) is 3.44. The maximum Gasteiger partial charge on any atom is 0.418 e. The Bertz CT molecular complexity index is 387. The Balaban J connectivity index is 2.64. The Morgan fingerprint density at radius 3 is 2.50 bits per heavy atom. The van der Waals surface area contributed by atoms with E-state index in [4.69, 9.17) is 0 Å². The van der Waals surface area contributed by atoms with Crippen molar-refractivity contribution in [1.82, 2.24) is 0 Å². The number of nitrogens with one attached hydrogen (secondary N) is 1. The van der Waals surface area contributed by atoms with Crippen molar-refractivity contribution >= 4 is 22.2 Å². The van der Waals surface area contributed by atoms with Crippen LogP contribution in [0.5, 0.6) is 0 Å². The van der Waals surface area contributed by atoms with Gasteiger partial charge in [0.25, 0.3) is 10.0 Å². The summed E-state index contributed by atoms with van der Waals surface area (Å²) in [5.74, 6) is -0.731. The molecule has 14 heavy (non-hydrogen) atoms. The molecule has 0 unspecified atom stereocenters. The Morgan fingerprint density at radius 2 is 1.93 bits per heavy atom. The van der Waals surface area contributed by atoms with E-state index in [9.17, 15) is 13.2 Å². The van der Waals surface area contributed by atoms with Gasteiger partial charge in [0.1, 0.15) is 0 Å². The van der Waals surface area contributed by atoms with Crippen LogP contribution in [0.25, 0.3) is 0 Å². The van der Waals surface area contributed by atoms with Gasteiger partial charge in [-0.2, -0.15) is 0 Å². The van der Waals surface area contributed by atoms with Gasteiger partial charge in [-0.05, 0) is 12.1 Å². The van der Waals surface area contributed by atoms with Crippen molar-refractivity contribution in [3.05, 3.63) is 30.3 Å². The topological polar surface area (TPSA) is 72.5 Å². The molecule has 5 nitrogen and oxygen atoms in total. The van der Waals surface area contributed by atoms with Crippen molar-refractivity contribution in [2.75, 3.05) is 10.7 Å². The second-order valence-electron chi connectivity index (χ2n) is 2.43. The molecule has 0 aliphatic carbocycles. The fourth-order valence-corrected chi connectivity index (χ4v) is 1.57. The lowest BCUT2D eigenvalue weighted by Crippen LogP contribution is -2.18. The van der Waals surface area contributed by atoms with Crippen molar-refractivity contribution in [1.29, 1.82) is 0 Å². The first-order valence-corrected chi connectivity index (χ1v) is 5.34. The van der Waals surface area contributed by atoms with Crippen molar-refractivity contribution < 1.29 is 17.9 Å².